The van der Waals surface area contributed by atoms with E-state index >= 15 is 0 Å². The number of thiol groups is 1. The molecule has 0 spiro atoms. The fourth-order valence-corrected chi connectivity index (χ4v) is 3.81. The van der Waals surface area contributed by atoms with E-state index in [0.717, 1.165) is 11.1 Å². The van der Waals surface area contributed by atoms with Gasteiger partial charge in [-0.05, 0) is 52.7 Å². The van der Waals surface area contributed by atoms with Gasteiger partial charge in [0, 0.05) is 18.3 Å². The highest BCUT2D eigenvalue weighted by atomic mass is 32.1. The van der Waals surface area contributed by atoms with Crippen LogP contribution in [-0.2, 0) is 20.9 Å². The first-order chi connectivity index (χ1) is 16.4. The molecule has 35 heavy (non-hydrogen) atoms. The zero-order valence-electron chi connectivity index (χ0n) is 21.4. The Labute approximate surface area is 214 Å². The van der Waals surface area contributed by atoms with Crippen molar-refractivity contribution in [2.45, 2.75) is 71.8 Å². The molecule has 7 nitrogen and oxygen atoms in total. The molecular weight excluding hydrogens is 462 g/mol. The third-order valence-electron chi connectivity index (χ3n) is 5.21. The van der Waals surface area contributed by atoms with E-state index in [1.807, 2.05) is 75.4 Å². The van der Waals surface area contributed by atoms with Gasteiger partial charge >= 0.3 is 6.09 Å². The van der Waals surface area contributed by atoms with Gasteiger partial charge in [-0.25, -0.2) is 4.79 Å². The van der Waals surface area contributed by atoms with E-state index in [4.69, 9.17) is 4.74 Å². The molecule has 0 saturated carbocycles. The summed E-state index contributed by atoms with van der Waals surface area (Å²) < 4.78 is 5.32. The summed E-state index contributed by atoms with van der Waals surface area (Å²) in [5.41, 5.74) is 1.96. The number of ether oxygens (including phenoxy) is 1. The molecule has 0 heterocycles. The number of rotatable bonds is 9. The molecule has 0 bridgehead atoms. The molecule has 0 aromatic heterocycles. The van der Waals surface area contributed by atoms with Crippen molar-refractivity contribution >= 4 is 30.5 Å². The second kappa shape index (κ2) is 12.6. The zero-order chi connectivity index (χ0) is 26.2. The Morgan fingerprint density at radius 1 is 1.00 bits per heavy atom. The van der Waals surface area contributed by atoms with Gasteiger partial charge in [0.2, 0.25) is 11.8 Å². The van der Waals surface area contributed by atoms with Gasteiger partial charge in [-0.2, -0.15) is 12.6 Å². The number of amides is 3. The van der Waals surface area contributed by atoms with Gasteiger partial charge in [0.1, 0.15) is 17.7 Å². The molecule has 190 valence electrons. The highest BCUT2D eigenvalue weighted by Crippen LogP contribution is 2.26. The molecule has 2 unspecified atom stereocenters. The fourth-order valence-electron chi connectivity index (χ4n) is 3.56. The van der Waals surface area contributed by atoms with Crippen LogP contribution in [0.1, 0.15) is 57.4 Å². The molecule has 2 aromatic rings. The van der Waals surface area contributed by atoms with E-state index < -0.39 is 29.7 Å². The van der Waals surface area contributed by atoms with E-state index in [-0.39, 0.29) is 17.7 Å². The second-order valence-corrected chi connectivity index (χ2v) is 10.1. The summed E-state index contributed by atoms with van der Waals surface area (Å²) in [4.78, 5) is 41.1. The number of hydrogen-bond acceptors (Lipinski definition) is 5. The van der Waals surface area contributed by atoms with Crippen molar-refractivity contribution < 1.29 is 19.1 Å². The third-order valence-corrected chi connectivity index (χ3v) is 5.58. The molecule has 2 rings (SSSR count). The molecule has 0 aliphatic heterocycles. The molecule has 3 amide bonds. The molecule has 8 heteroatoms. The lowest BCUT2D eigenvalue weighted by atomic mass is 10.00. The van der Waals surface area contributed by atoms with E-state index in [9.17, 15) is 14.4 Å². The number of carbonyl (C=O) groups excluding carboxylic acids is 3. The average Bonchev–Trinajstić information content (AvgIpc) is 2.79. The van der Waals surface area contributed by atoms with Crippen molar-refractivity contribution in [1.82, 2.24) is 15.5 Å². The van der Waals surface area contributed by atoms with Gasteiger partial charge in [0.15, 0.2) is 0 Å². The maximum atomic E-state index is 13.7. The van der Waals surface area contributed by atoms with Crippen LogP contribution in [0.25, 0.3) is 0 Å². The third kappa shape index (κ3) is 8.62. The second-order valence-electron chi connectivity index (χ2n) is 9.74. The van der Waals surface area contributed by atoms with Gasteiger partial charge in [-0.1, -0.05) is 60.2 Å². The van der Waals surface area contributed by atoms with Crippen molar-refractivity contribution in [1.29, 1.82) is 0 Å². The van der Waals surface area contributed by atoms with Crippen LogP contribution in [0, 0.1) is 6.92 Å². The fraction of sp³-hybridized carbons (Fsp3) is 0.444. The minimum absolute atomic E-state index is 0.0492. The largest absolute Gasteiger partial charge is 0.444 e. The summed E-state index contributed by atoms with van der Waals surface area (Å²) in [5.74, 6) is -0.677. The summed E-state index contributed by atoms with van der Waals surface area (Å²) in [5, 5.41) is 5.58. The Morgan fingerprint density at radius 3 is 2.11 bits per heavy atom. The highest BCUT2D eigenvalue weighted by molar-refractivity contribution is 7.80. The summed E-state index contributed by atoms with van der Waals surface area (Å²) >= 11 is 4.30. The summed E-state index contributed by atoms with van der Waals surface area (Å²) in [6, 6.07) is 14.9. The van der Waals surface area contributed by atoms with Crippen molar-refractivity contribution in [3.63, 3.8) is 0 Å². The predicted molar refractivity (Wildman–Crippen MR) is 141 cm³/mol. The Balaban J connectivity index is 2.36. The van der Waals surface area contributed by atoms with E-state index in [1.165, 1.54) is 4.90 Å². The van der Waals surface area contributed by atoms with E-state index in [2.05, 4.69) is 23.3 Å². The van der Waals surface area contributed by atoms with Crippen LogP contribution in [0.3, 0.4) is 0 Å². The number of carbonyl (C=O) groups is 3. The number of hydrogen-bond donors (Lipinski definition) is 3. The Hall–Kier alpha value is -3.00. The predicted octanol–water partition coefficient (Wildman–Crippen LogP) is 4.41. The highest BCUT2D eigenvalue weighted by Gasteiger charge is 2.37. The first kappa shape index (κ1) is 28.2. The molecule has 2 aromatic carbocycles. The van der Waals surface area contributed by atoms with Crippen molar-refractivity contribution in [2.24, 2.45) is 0 Å². The minimum Gasteiger partial charge on any atom is -0.444 e. The van der Waals surface area contributed by atoms with Crippen LogP contribution in [-0.4, -0.2) is 46.2 Å². The normalized spacial score (nSPS) is 13.0. The molecule has 2 atom stereocenters. The van der Waals surface area contributed by atoms with Crippen molar-refractivity contribution in [3.8, 4) is 0 Å². The van der Waals surface area contributed by atoms with Crippen LogP contribution < -0.4 is 10.6 Å². The smallest absolute Gasteiger partial charge is 0.408 e. The lowest BCUT2D eigenvalue weighted by Gasteiger charge is -2.37. The number of aryl methyl sites for hydroxylation is 1. The Kier molecular flexibility index (Phi) is 10.2. The standard InChI is InChI=1S/C27H37N3O4S/c1-18(2)30(25(32)22(17-35)29-26(33)34-27(4,5)6)23(21-14-12-19(3)13-15-21)24(31)28-16-20-10-8-7-9-11-20/h7-15,18,22-23,35H,16-17H2,1-6H3,(H,28,31)(H,29,33). The maximum absolute atomic E-state index is 13.7. The van der Waals surface area contributed by atoms with Gasteiger partial charge in [-0.3, -0.25) is 9.59 Å². The number of nitrogens with zero attached hydrogens (tertiary/aromatic N) is 1. The van der Waals surface area contributed by atoms with Crippen molar-refractivity contribution in [2.75, 3.05) is 5.75 Å². The van der Waals surface area contributed by atoms with Crippen LogP contribution in [0.15, 0.2) is 54.6 Å². The molecule has 0 fully saturated rings. The molecule has 0 aliphatic rings. The van der Waals surface area contributed by atoms with Gasteiger partial charge in [0.05, 0.1) is 0 Å². The first-order valence-electron chi connectivity index (χ1n) is 11.7. The molecule has 0 aliphatic carbocycles. The van der Waals surface area contributed by atoms with Gasteiger partial charge in [-0.15, -0.1) is 0 Å². The van der Waals surface area contributed by atoms with Crippen LogP contribution in [0.5, 0.6) is 0 Å². The monoisotopic (exact) mass is 499 g/mol. The van der Waals surface area contributed by atoms with Crippen LogP contribution in [0.4, 0.5) is 4.79 Å². The minimum atomic E-state index is -0.967. The Bertz CT molecular complexity index is 988. The summed E-state index contributed by atoms with van der Waals surface area (Å²) in [6.07, 6.45) is -0.714. The lowest BCUT2D eigenvalue weighted by molar-refractivity contribution is -0.144. The summed E-state index contributed by atoms with van der Waals surface area (Å²) in [6.45, 7) is 11.2. The number of benzene rings is 2. The molecule has 0 radical (unpaired) electrons. The average molecular weight is 500 g/mol. The van der Waals surface area contributed by atoms with Gasteiger partial charge < -0.3 is 20.3 Å². The number of nitrogens with one attached hydrogen (secondary N) is 2. The Morgan fingerprint density at radius 2 is 1.60 bits per heavy atom. The van der Waals surface area contributed by atoms with Crippen LogP contribution >= 0.6 is 12.6 Å². The summed E-state index contributed by atoms with van der Waals surface area (Å²) in [7, 11) is 0. The van der Waals surface area contributed by atoms with E-state index in [1.54, 1.807) is 20.8 Å². The van der Waals surface area contributed by atoms with E-state index in [0.29, 0.717) is 12.1 Å². The zero-order valence-corrected chi connectivity index (χ0v) is 22.3. The molecule has 2 N–H and O–H groups in total. The molecular formula is C27H37N3O4S. The quantitative estimate of drug-likeness (QED) is 0.446. The first-order valence-corrected chi connectivity index (χ1v) is 12.4. The van der Waals surface area contributed by atoms with Gasteiger partial charge in [0.25, 0.3) is 0 Å². The topological polar surface area (TPSA) is 87.7 Å². The van der Waals surface area contributed by atoms with Crippen LogP contribution in [0.2, 0.25) is 0 Å². The SMILES string of the molecule is Cc1ccc(C(C(=O)NCc2ccccc2)N(C(=O)C(CS)NC(=O)OC(C)(C)C)C(C)C)cc1. The molecule has 0 saturated heterocycles. The van der Waals surface area contributed by atoms with Crippen molar-refractivity contribution in [3.05, 3.63) is 71.3 Å². The number of alkyl carbamates (subject to hydrolysis) is 1. The maximum Gasteiger partial charge on any atom is 0.408 e. The lowest BCUT2D eigenvalue weighted by Crippen LogP contribution is -2.55.